The van der Waals surface area contributed by atoms with Crippen molar-refractivity contribution < 1.29 is 9.90 Å². The Morgan fingerprint density at radius 3 is 2.75 bits per heavy atom. The lowest BCUT2D eigenvalue weighted by Gasteiger charge is -2.39. The SMILES string of the molecule is NCCC1CCCC(C(=O)N2CCCCC2CCO)C1. The third-order valence-electron chi connectivity index (χ3n) is 5.08. The lowest BCUT2D eigenvalue weighted by Crippen LogP contribution is -2.47. The van der Waals surface area contributed by atoms with E-state index in [1.165, 1.54) is 19.3 Å². The number of likely N-dealkylation sites (tertiary alicyclic amines) is 1. The van der Waals surface area contributed by atoms with Crippen LogP contribution in [-0.4, -0.2) is 41.7 Å². The molecule has 116 valence electrons. The summed E-state index contributed by atoms with van der Waals surface area (Å²) in [6.45, 7) is 1.82. The summed E-state index contributed by atoms with van der Waals surface area (Å²) < 4.78 is 0. The van der Waals surface area contributed by atoms with E-state index in [0.29, 0.717) is 11.8 Å². The molecule has 3 atom stereocenters. The zero-order valence-electron chi connectivity index (χ0n) is 12.6. The number of rotatable bonds is 5. The predicted molar refractivity (Wildman–Crippen MR) is 80.2 cm³/mol. The van der Waals surface area contributed by atoms with Crippen molar-refractivity contribution in [3.8, 4) is 0 Å². The van der Waals surface area contributed by atoms with Crippen LogP contribution >= 0.6 is 0 Å². The van der Waals surface area contributed by atoms with Gasteiger partial charge in [-0.1, -0.05) is 12.8 Å². The summed E-state index contributed by atoms with van der Waals surface area (Å²) in [5, 5.41) is 9.19. The largest absolute Gasteiger partial charge is 0.396 e. The Bertz CT molecular complexity index is 305. The van der Waals surface area contributed by atoms with E-state index in [2.05, 4.69) is 4.90 Å². The molecule has 0 aromatic heterocycles. The summed E-state index contributed by atoms with van der Waals surface area (Å²) in [5.74, 6) is 1.20. The van der Waals surface area contributed by atoms with E-state index < -0.39 is 0 Å². The Labute approximate surface area is 122 Å². The molecule has 0 bridgehead atoms. The third kappa shape index (κ3) is 3.95. The molecule has 3 unspecified atom stereocenters. The van der Waals surface area contributed by atoms with Crippen LogP contribution in [0.3, 0.4) is 0 Å². The molecule has 4 nitrogen and oxygen atoms in total. The second kappa shape index (κ2) is 7.99. The predicted octanol–water partition coefficient (Wildman–Crippen LogP) is 1.91. The van der Waals surface area contributed by atoms with E-state index in [9.17, 15) is 9.90 Å². The molecular formula is C16H30N2O2. The smallest absolute Gasteiger partial charge is 0.225 e. The highest BCUT2D eigenvalue weighted by atomic mass is 16.3. The fourth-order valence-electron chi connectivity index (χ4n) is 3.99. The molecule has 1 aliphatic heterocycles. The van der Waals surface area contributed by atoms with Gasteiger partial charge in [-0.15, -0.1) is 0 Å². The minimum Gasteiger partial charge on any atom is -0.396 e. The van der Waals surface area contributed by atoms with Gasteiger partial charge in [-0.25, -0.2) is 0 Å². The minimum absolute atomic E-state index is 0.189. The van der Waals surface area contributed by atoms with Gasteiger partial charge in [0, 0.05) is 25.1 Å². The summed E-state index contributed by atoms with van der Waals surface area (Å²) in [7, 11) is 0. The number of hydrogen-bond acceptors (Lipinski definition) is 3. The monoisotopic (exact) mass is 282 g/mol. The Hall–Kier alpha value is -0.610. The first kappa shape index (κ1) is 15.8. The molecule has 0 spiro atoms. The van der Waals surface area contributed by atoms with Crippen LogP contribution in [0.4, 0.5) is 0 Å². The lowest BCUT2D eigenvalue weighted by molar-refractivity contribution is -0.141. The highest BCUT2D eigenvalue weighted by molar-refractivity contribution is 5.79. The van der Waals surface area contributed by atoms with E-state index in [0.717, 1.165) is 51.6 Å². The fraction of sp³-hybridized carbons (Fsp3) is 0.938. The number of piperidine rings is 1. The minimum atomic E-state index is 0.189. The Balaban J connectivity index is 1.94. The molecule has 4 heteroatoms. The van der Waals surface area contributed by atoms with Crippen LogP contribution in [0.25, 0.3) is 0 Å². The zero-order chi connectivity index (χ0) is 14.4. The van der Waals surface area contributed by atoms with E-state index in [4.69, 9.17) is 5.73 Å². The molecule has 1 amide bonds. The van der Waals surface area contributed by atoms with Gasteiger partial charge in [0.15, 0.2) is 0 Å². The van der Waals surface area contributed by atoms with Gasteiger partial charge in [0.2, 0.25) is 5.91 Å². The molecule has 2 aliphatic rings. The van der Waals surface area contributed by atoms with Crippen molar-refractivity contribution in [2.24, 2.45) is 17.6 Å². The molecular weight excluding hydrogens is 252 g/mol. The number of aliphatic hydroxyl groups excluding tert-OH is 1. The Morgan fingerprint density at radius 2 is 2.00 bits per heavy atom. The first-order valence-electron chi connectivity index (χ1n) is 8.37. The number of hydrogen-bond donors (Lipinski definition) is 2. The molecule has 20 heavy (non-hydrogen) atoms. The maximum Gasteiger partial charge on any atom is 0.225 e. The average Bonchev–Trinajstić information content (AvgIpc) is 2.48. The van der Waals surface area contributed by atoms with Gasteiger partial charge in [-0.2, -0.15) is 0 Å². The second-order valence-electron chi connectivity index (χ2n) is 6.50. The van der Waals surface area contributed by atoms with Gasteiger partial charge < -0.3 is 15.7 Å². The third-order valence-corrected chi connectivity index (χ3v) is 5.08. The lowest BCUT2D eigenvalue weighted by atomic mass is 9.78. The van der Waals surface area contributed by atoms with E-state index in [1.54, 1.807) is 0 Å². The second-order valence-corrected chi connectivity index (χ2v) is 6.50. The number of carbonyl (C=O) groups excluding carboxylic acids is 1. The number of amides is 1. The fourth-order valence-corrected chi connectivity index (χ4v) is 3.99. The highest BCUT2D eigenvalue weighted by Crippen LogP contribution is 2.33. The molecule has 3 N–H and O–H groups in total. The van der Waals surface area contributed by atoms with Crippen molar-refractivity contribution in [1.82, 2.24) is 4.90 Å². The maximum absolute atomic E-state index is 12.8. The summed E-state index contributed by atoms with van der Waals surface area (Å²) >= 11 is 0. The molecule has 1 heterocycles. The molecule has 1 saturated heterocycles. The van der Waals surface area contributed by atoms with Gasteiger partial charge >= 0.3 is 0 Å². The van der Waals surface area contributed by atoms with Gasteiger partial charge in [0.05, 0.1) is 0 Å². The van der Waals surface area contributed by atoms with E-state index >= 15 is 0 Å². The van der Waals surface area contributed by atoms with E-state index in [-0.39, 0.29) is 18.6 Å². The van der Waals surface area contributed by atoms with Crippen molar-refractivity contribution in [3.63, 3.8) is 0 Å². The summed E-state index contributed by atoms with van der Waals surface area (Å²) in [6, 6.07) is 0.274. The number of nitrogens with two attached hydrogens (primary N) is 1. The Morgan fingerprint density at radius 1 is 1.15 bits per heavy atom. The van der Waals surface area contributed by atoms with E-state index in [1.807, 2.05) is 0 Å². The molecule has 1 saturated carbocycles. The standard InChI is InChI=1S/C16H30N2O2/c17-9-7-13-4-3-5-14(12-13)16(20)18-10-2-1-6-15(18)8-11-19/h13-15,19H,1-12,17H2. The average molecular weight is 282 g/mol. The first-order valence-corrected chi connectivity index (χ1v) is 8.37. The first-order chi connectivity index (χ1) is 9.76. The molecule has 2 fully saturated rings. The van der Waals surface area contributed by atoms with Crippen LogP contribution in [0.2, 0.25) is 0 Å². The van der Waals surface area contributed by atoms with Crippen LogP contribution in [0.15, 0.2) is 0 Å². The van der Waals surface area contributed by atoms with Crippen molar-refractivity contribution >= 4 is 5.91 Å². The maximum atomic E-state index is 12.8. The molecule has 0 aromatic carbocycles. The van der Waals surface area contributed by atoms with Crippen molar-refractivity contribution in [2.75, 3.05) is 19.7 Å². The normalized spacial score (nSPS) is 31.3. The number of nitrogens with zero attached hydrogens (tertiary/aromatic N) is 1. The van der Waals surface area contributed by atoms with Crippen molar-refractivity contribution in [2.45, 2.75) is 63.8 Å². The molecule has 1 aliphatic carbocycles. The molecule has 0 radical (unpaired) electrons. The molecule has 0 aromatic rings. The van der Waals surface area contributed by atoms with Crippen LogP contribution < -0.4 is 5.73 Å². The van der Waals surface area contributed by atoms with Crippen molar-refractivity contribution in [3.05, 3.63) is 0 Å². The van der Waals surface area contributed by atoms with Crippen LogP contribution in [-0.2, 0) is 4.79 Å². The Kier molecular flexibility index (Phi) is 6.30. The van der Waals surface area contributed by atoms with Crippen LogP contribution in [0.5, 0.6) is 0 Å². The van der Waals surface area contributed by atoms with Gasteiger partial charge in [0.1, 0.15) is 0 Å². The summed E-state index contributed by atoms with van der Waals surface area (Å²) in [4.78, 5) is 14.9. The number of carbonyl (C=O) groups is 1. The topological polar surface area (TPSA) is 66.6 Å². The van der Waals surface area contributed by atoms with Gasteiger partial charge in [-0.05, 0) is 57.4 Å². The van der Waals surface area contributed by atoms with Crippen LogP contribution in [0.1, 0.15) is 57.8 Å². The van der Waals surface area contributed by atoms with Gasteiger partial charge in [0.25, 0.3) is 0 Å². The van der Waals surface area contributed by atoms with Crippen LogP contribution in [0, 0.1) is 11.8 Å². The zero-order valence-corrected chi connectivity index (χ0v) is 12.6. The van der Waals surface area contributed by atoms with Crippen molar-refractivity contribution in [1.29, 1.82) is 0 Å². The van der Waals surface area contributed by atoms with Gasteiger partial charge in [-0.3, -0.25) is 4.79 Å². The summed E-state index contributed by atoms with van der Waals surface area (Å²) in [5.41, 5.74) is 5.66. The summed E-state index contributed by atoms with van der Waals surface area (Å²) in [6.07, 6.45) is 9.64. The highest BCUT2D eigenvalue weighted by Gasteiger charge is 2.33. The molecule has 2 rings (SSSR count). The number of aliphatic hydroxyl groups is 1. The quantitative estimate of drug-likeness (QED) is 0.809.